The van der Waals surface area contributed by atoms with Crippen LogP contribution in [0.2, 0.25) is 4.59 Å². The van der Waals surface area contributed by atoms with E-state index < -0.39 is 0 Å². The molecular formula is C12H23Li. The van der Waals surface area contributed by atoms with Crippen LogP contribution in [0.15, 0.2) is 0 Å². The summed E-state index contributed by atoms with van der Waals surface area (Å²) in [6.07, 6.45) is 4.42. The molecule has 0 bridgehead atoms. The van der Waals surface area contributed by atoms with Gasteiger partial charge >= 0.3 is 92.9 Å². The first kappa shape index (κ1) is 11.7. The summed E-state index contributed by atoms with van der Waals surface area (Å²) in [4.78, 5) is 0. The third-order valence-corrected chi connectivity index (χ3v) is 4.14. The number of hydrogen-bond donors (Lipinski definition) is 0. The minimum atomic E-state index is 0.886. The van der Waals surface area contributed by atoms with Crippen molar-refractivity contribution in [1.82, 2.24) is 0 Å². The Bertz CT molecular complexity index is 135. The van der Waals surface area contributed by atoms with Gasteiger partial charge in [0, 0.05) is 0 Å². The Morgan fingerprint density at radius 1 is 0.923 bits per heavy atom. The van der Waals surface area contributed by atoms with Crippen LogP contribution in [0.25, 0.3) is 0 Å². The van der Waals surface area contributed by atoms with E-state index in [4.69, 9.17) is 0 Å². The van der Waals surface area contributed by atoms with E-state index in [2.05, 4.69) is 45.4 Å². The number of hydrogen-bond acceptors (Lipinski definition) is 0. The Morgan fingerprint density at radius 3 is 1.62 bits per heavy atom. The molecule has 13 heavy (non-hydrogen) atoms. The molecule has 2 unspecified atom stereocenters. The Labute approximate surface area is 93.1 Å². The van der Waals surface area contributed by atoms with Gasteiger partial charge in [0.1, 0.15) is 0 Å². The zero-order valence-electron chi connectivity index (χ0n) is 10.0. The Balaban J connectivity index is 2.60. The van der Waals surface area contributed by atoms with Gasteiger partial charge in [0.2, 0.25) is 0 Å². The maximum atomic E-state index is 2.48. The van der Waals surface area contributed by atoms with Crippen LogP contribution < -0.4 is 0 Å². The molecule has 0 aromatic heterocycles. The fourth-order valence-corrected chi connectivity index (χ4v) is 3.31. The molecular weight excluding hydrogens is 151 g/mol. The minimum absolute atomic E-state index is 0.886. The summed E-state index contributed by atoms with van der Waals surface area (Å²) in [6, 6.07) is 0. The third-order valence-electron chi connectivity index (χ3n) is 4.14. The van der Waals surface area contributed by atoms with Gasteiger partial charge in [-0.05, 0) is 0 Å². The molecule has 1 saturated carbocycles. The molecule has 2 atom stereocenters. The predicted octanol–water partition coefficient (Wildman–Crippen LogP) is 3.67. The summed E-state index contributed by atoms with van der Waals surface area (Å²) in [6.45, 7) is 9.57. The van der Waals surface area contributed by atoms with Gasteiger partial charge in [-0.25, -0.2) is 0 Å². The SMILES string of the molecule is [Li][CH]1C(C(C)C)CCCC1C(C)C. The van der Waals surface area contributed by atoms with Crippen LogP contribution in [0.5, 0.6) is 0 Å². The number of rotatable bonds is 2. The van der Waals surface area contributed by atoms with Crippen molar-refractivity contribution >= 4 is 17.7 Å². The molecule has 1 heteroatoms. The van der Waals surface area contributed by atoms with E-state index >= 15 is 0 Å². The predicted molar refractivity (Wildman–Crippen MR) is 60.0 cm³/mol. The molecule has 0 N–H and O–H groups in total. The second-order valence-electron chi connectivity index (χ2n) is 5.61. The molecule has 0 saturated heterocycles. The molecule has 0 aromatic carbocycles. The van der Waals surface area contributed by atoms with E-state index in [1.165, 1.54) is 19.3 Å². The van der Waals surface area contributed by atoms with E-state index in [0.29, 0.717) is 0 Å². The summed E-state index contributed by atoms with van der Waals surface area (Å²) in [7, 11) is 0. The normalized spacial score (nSPS) is 35.8. The quantitative estimate of drug-likeness (QED) is 0.560. The van der Waals surface area contributed by atoms with Crippen LogP contribution in [0.4, 0.5) is 0 Å². The van der Waals surface area contributed by atoms with Crippen molar-refractivity contribution in [3.05, 3.63) is 0 Å². The van der Waals surface area contributed by atoms with Crippen molar-refractivity contribution in [2.24, 2.45) is 23.7 Å². The average Bonchev–Trinajstić information content (AvgIpc) is 2.03. The van der Waals surface area contributed by atoms with Crippen molar-refractivity contribution in [2.45, 2.75) is 51.5 Å². The molecule has 0 aromatic rings. The fraction of sp³-hybridized carbons (Fsp3) is 1.00. The molecule has 0 amide bonds. The first-order valence-corrected chi connectivity index (χ1v) is 6.04. The third kappa shape index (κ3) is 2.77. The van der Waals surface area contributed by atoms with Crippen molar-refractivity contribution < 1.29 is 0 Å². The standard InChI is InChI=1S/C12H23.Li/c1-9(2)11-6-5-7-12(8-11)10(3)4;/h8-12H,5-7H2,1-4H3;. The second kappa shape index (κ2) is 4.90. The van der Waals surface area contributed by atoms with E-state index in [-0.39, 0.29) is 0 Å². The average molecular weight is 174 g/mol. The zero-order chi connectivity index (χ0) is 10.0. The first-order valence-electron chi connectivity index (χ1n) is 6.04. The van der Waals surface area contributed by atoms with E-state index in [1.54, 1.807) is 0 Å². The molecule has 0 heterocycles. The summed E-state index contributed by atoms with van der Waals surface area (Å²) >= 11 is 2.48. The van der Waals surface area contributed by atoms with Crippen LogP contribution in [-0.2, 0) is 0 Å². The van der Waals surface area contributed by atoms with Crippen molar-refractivity contribution in [1.29, 1.82) is 0 Å². The molecule has 1 aliphatic carbocycles. The van der Waals surface area contributed by atoms with Gasteiger partial charge in [-0.1, -0.05) is 0 Å². The molecule has 1 rings (SSSR count). The van der Waals surface area contributed by atoms with Gasteiger partial charge in [-0.2, -0.15) is 0 Å². The maximum absolute atomic E-state index is 2.48. The van der Waals surface area contributed by atoms with Gasteiger partial charge < -0.3 is 0 Å². The Morgan fingerprint density at radius 2 is 1.31 bits per heavy atom. The van der Waals surface area contributed by atoms with Crippen molar-refractivity contribution in [3.8, 4) is 0 Å². The first-order chi connectivity index (χ1) is 6.04. The van der Waals surface area contributed by atoms with Gasteiger partial charge in [0.25, 0.3) is 0 Å². The van der Waals surface area contributed by atoms with Crippen LogP contribution >= 0.6 is 0 Å². The molecule has 1 aliphatic rings. The van der Waals surface area contributed by atoms with Gasteiger partial charge in [-0.3, -0.25) is 0 Å². The van der Waals surface area contributed by atoms with E-state index in [9.17, 15) is 0 Å². The Kier molecular flexibility index (Phi) is 4.40. The van der Waals surface area contributed by atoms with Crippen LogP contribution in [0.1, 0.15) is 47.0 Å². The topological polar surface area (TPSA) is 0 Å². The molecule has 1 fully saturated rings. The molecule has 72 valence electrons. The van der Waals surface area contributed by atoms with Gasteiger partial charge in [0.15, 0.2) is 0 Å². The molecule has 0 radical (unpaired) electrons. The monoisotopic (exact) mass is 174 g/mol. The van der Waals surface area contributed by atoms with E-state index in [0.717, 1.165) is 28.3 Å². The Hall–Kier alpha value is 0.597. The summed E-state index contributed by atoms with van der Waals surface area (Å²) in [5.41, 5.74) is 0. The van der Waals surface area contributed by atoms with Crippen LogP contribution in [-0.4, -0.2) is 17.7 Å². The molecule has 0 nitrogen and oxygen atoms in total. The van der Waals surface area contributed by atoms with Crippen LogP contribution in [0.3, 0.4) is 0 Å². The van der Waals surface area contributed by atoms with Crippen LogP contribution in [0, 0.1) is 23.7 Å². The molecule has 0 aliphatic heterocycles. The van der Waals surface area contributed by atoms with Crippen molar-refractivity contribution in [2.75, 3.05) is 0 Å². The summed E-state index contributed by atoms with van der Waals surface area (Å²) in [5, 5.41) is 0. The molecule has 0 spiro atoms. The second-order valence-corrected chi connectivity index (χ2v) is 5.61. The van der Waals surface area contributed by atoms with E-state index in [1.807, 2.05) is 0 Å². The fourth-order valence-electron chi connectivity index (χ4n) is 3.31. The van der Waals surface area contributed by atoms with Gasteiger partial charge in [-0.15, -0.1) is 0 Å². The summed E-state index contributed by atoms with van der Waals surface area (Å²) in [5.74, 6) is 3.75. The zero-order valence-corrected chi connectivity index (χ0v) is 10.0. The summed E-state index contributed by atoms with van der Waals surface area (Å²) < 4.78 is 0.953. The van der Waals surface area contributed by atoms with Crippen molar-refractivity contribution in [3.63, 3.8) is 0 Å². The van der Waals surface area contributed by atoms with Gasteiger partial charge in [0.05, 0.1) is 0 Å².